The molecule has 0 spiro atoms. The standard InChI is InChI=1S/C5H9N3S/c1-9-5-7-3-4(2-6)8-5/h3H,2,6H2,1H3,(H,7,8). The van der Waals surface area contributed by atoms with Crippen molar-refractivity contribution in [1.29, 1.82) is 0 Å². The van der Waals surface area contributed by atoms with Crippen LogP contribution in [0.4, 0.5) is 0 Å². The Hall–Kier alpha value is -0.480. The van der Waals surface area contributed by atoms with Crippen LogP contribution in [-0.4, -0.2) is 16.2 Å². The van der Waals surface area contributed by atoms with Gasteiger partial charge < -0.3 is 10.7 Å². The van der Waals surface area contributed by atoms with E-state index in [4.69, 9.17) is 5.73 Å². The molecule has 0 saturated carbocycles. The summed E-state index contributed by atoms with van der Waals surface area (Å²) in [5.41, 5.74) is 6.32. The van der Waals surface area contributed by atoms with Gasteiger partial charge in [0.15, 0.2) is 5.16 Å². The van der Waals surface area contributed by atoms with E-state index in [9.17, 15) is 0 Å². The fraction of sp³-hybridized carbons (Fsp3) is 0.400. The van der Waals surface area contributed by atoms with Crippen molar-refractivity contribution in [2.45, 2.75) is 11.7 Å². The predicted octanol–water partition coefficient (Wildman–Crippen LogP) is 0.590. The van der Waals surface area contributed by atoms with Crippen LogP contribution >= 0.6 is 11.8 Å². The topological polar surface area (TPSA) is 54.7 Å². The summed E-state index contributed by atoms with van der Waals surface area (Å²) in [6.45, 7) is 0.535. The van der Waals surface area contributed by atoms with E-state index in [1.807, 2.05) is 6.26 Å². The van der Waals surface area contributed by atoms with Gasteiger partial charge in [-0.25, -0.2) is 4.98 Å². The molecule has 0 atom stereocenters. The lowest BCUT2D eigenvalue weighted by Crippen LogP contribution is -1.95. The third-order valence-electron chi connectivity index (χ3n) is 1.02. The van der Waals surface area contributed by atoms with Crippen LogP contribution in [0.5, 0.6) is 0 Å². The summed E-state index contributed by atoms with van der Waals surface area (Å²) in [5.74, 6) is 0. The Labute approximate surface area is 58.1 Å². The van der Waals surface area contributed by atoms with Gasteiger partial charge >= 0.3 is 0 Å². The van der Waals surface area contributed by atoms with Crippen LogP contribution in [0, 0.1) is 0 Å². The molecule has 1 rings (SSSR count). The van der Waals surface area contributed by atoms with E-state index in [2.05, 4.69) is 9.97 Å². The Morgan fingerprint density at radius 1 is 1.89 bits per heavy atom. The molecule has 50 valence electrons. The number of nitrogens with two attached hydrogens (primary N) is 1. The molecule has 0 amide bonds. The van der Waals surface area contributed by atoms with Gasteiger partial charge in [-0.15, -0.1) is 0 Å². The minimum absolute atomic E-state index is 0.535. The summed E-state index contributed by atoms with van der Waals surface area (Å²) in [4.78, 5) is 7.07. The zero-order valence-corrected chi connectivity index (χ0v) is 6.03. The fourth-order valence-corrected chi connectivity index (χ4v) is 0.937. The van der Waals surface area contributed by atoms with E-state index < -0.39 is 0 Å². The zero-order chi connectivity index (χ0) is 6.69. The highest BCUT2D eigenvalue weighted by molar-refractivity contribution is 7.98. The third kappa shape index (κ3) is 1.46. The van der Waals surface area contributed by atoms with E-state index in [1.165, 1.54) is 0 Å². The monoisotopic (exact) mass is 143 g/mol. The van der Waals surface area contributed by atoms with Crippen molar-refractivity contribution in [1.82, 2.24) is 9.97 Å². The molecule has 3 nitrogen and oxygen atoms in total. The maximum atomic E-state index is 5.34. The van der Waals surface area contributed by atoms with Crippen LogP contribution in [0.15, 0.2) is 11.4 Å². The minimum Gasteiger partial charge on any atom is -0.336 e. The van der Waals surface area contributed by atoms with Crippen molar-refractivity contribution in [3.05, 3.63) is 11.9 Å². The Kier molecular flexibility index (Phi) is 2.13. The highest BCUT2D eigenvalue weighted by Gasteiger charge is 1.93. The summed E-state index contributed by atoms with van der Waals surface area (Å²) < 4.78 is 0. The molecule has 1 aromatic rings. The van der Waals surface area contributed by atoms with E-state index in [1.54, 1.807) is 18.0 Å². The minimum atomic E-state index is 0.535. The van der Waals surface area contributed by atoms with E-state index in [-0.39, 0.29) is 0 Å². The Morgan fingerprint density at radius 2 is 2.67 bits per heavy atom. The number of rotatable bonds is 2. The van der Waals surface area contributed by atoms with E-state index in [0.29, 0.717) is 6.54 Å². The number of H-pyrrole nitrogens is 1. The van der Waals surface area contributed by atoms with Crippen molar-refractivity contribution in [3.63, 3.8) is 0 Å². The molecule has 0 unspecified atom stereocenters. The number of nitrogens with one attached hydrogen (secondary N) is 1. The van der Waals surface area contributed by atoms with Crippen LogP contribution in [-0.2, 0) is 6.54 Å². The van der Waals surface area contributed by atoms with Gasteiger partial charge in [0.25, 0.3) is 0 Å². The molecule has 0 bridgehead atoms. The number of nitrogens with zero attached hydrogens (tertiary/aromatic N) is 1. The van der Waals surface area contributed by atoms with Gasteiger partial charge in [-0.2, -0.15) is 0 Å². The van der Waals surface area contributed by atoms with Gasteiger partial charge in [0, 0.05) is 12.2 Å². The Bertz CT molecular complexity index is 166. The van der Waals surface area contributed by atoms with Gasteiger partial charge in [-0.1, -0.05) is 11.8 Å². The molecule has 0 fully saturated rings. The molecule has 0 saturated heterocycles. The molecule has 3 N–H and O–H groups in total. The first-order valence-corrected chi connectivity index (χ1v) is 3.87. The first-order valence-electron chi connectivity index (χ1n) is 2.64. The van der Waals surface area contributed by atoms with Gasteiger partial charge in [0.2, 0.25) is 0 Å². The van der Waals surface area contributed by atoms with Gasteiger partial charge in [0.1, 0.15) is 0 Å². The lowest BCUT2D eigenvalue weighted by atomic mass is 10.5. The largest absolute Gasteiger partial charge is 0.336 e. The smallest absolute Gasteiger partial charge is 0.165 e. The van der Waals surface area contributed by atoms with Gasteiger partial charge in [0.05, 0.1) is 6.20 Å². The summed E-state index contributed by atoms with van der Waals surface area (Å²) >= 11 is 1.58. The second-order valence-corrected chi connectivity index (χ2v) is 2.42. The van der Waals surface area contributed by atoms with E-state index in [0.717, 1.165) is 10.9 Å². The average Bonchev–Trinajstić information content (AvgIpc) is 2.34. The maximum Gasteiger partial charge on any atom is 0.165 e. The van der Waals surface area contributed by atoms with Crippen LogP contribution in [0.25, 0.3) is 0 Å². The van der Waals surface area contributed by atoms with Gasteiger partial charge in [-0.3, -0.25) is 0 Å². The van der Waals surface area contributed by atoms with Crippen molar-refractivity contribution < 1.29 is 0 Å². The molecule has 0 aliphatic heterocycles. The molecule has 4 heteroatoms. The second-order valence-electron chi connectivity index (χ2n) is 1.62. The van der Waals surface area contributed by atoms with Crippen molar-refractivity contribution >= 4 is 11.8 Å². The lowest BCUT2D eigenvalue weighted by molar-refractivity contribution is 0.969. The molecule has 0 aliphatic rings. The summed E-state index contributed by atoms with van der Waals surface area (Å²) in [5, 5.41) is 0.926. The van der Waals surface area contributed by atoms with Gasteiger partial charge in [-0.05, 0) is 6.26 Å². The highest BCUT2D eigenvalue weighted by atomic mass is 32.2. The molecular weight excluding hydrogens is 134 g/mol. The highest BCUT2D eigenvalue weighted by Crippen LogP contribution is 2.07. The number of imidazole rings is 1. The first kappa shape index (κ1) is 6.64. The molecule has 9 heavy (non-hydrogen) atoms. The maximum absolute atomic E-state index is 5.34. The normalized spacial score (nSPS) is 10.0. The molecule has 0 aliphatic carbocycles. The third-order valence-corrected chi connectivity index (χ3v) is 1.61. The molecular formula is C5H9N3S. The number of aromatic amines is 1. The lowest BCUT2D eigenvalue weighted by Gasteiger charge is -1.85. The Balaban J connectivity index is 2.74. The fourth-order valence-electron chi connectivity index (χ4n) is 0.546. The summed E-state index contributed by atoms with van der Waals surface area (Å²) in [7, 11) is 0. The second kappa shape index (κ2) is 2.89. The summed E-state index contributed by atoms with van der Waals surface area (Å²) in [6.07, 6.45) is 3.73. The average molecular weight is 143 g/mol. The molecule has 0 aromatic carbocycles. The molecule has 1 heterocycles. The van der Waals surface area contributed by atoms with Crippen LogP contribution in [0.1, 0.15) is 5.69 Å². The van der Waals surface area contributed by atoms with E-state index >= 15 is 0 Å². The molecule has 1 aromatic heterocycles. The number of hydrogen-bond acceptors (Lipinski definition) is 3. The number of hydrogen-bond donors (Lipinski definition) is 2. The predicted molar refractivity (Wildman–Crippen MR) is 38.3 cm³/mol. The number of thioether (sulfide) groups is 1. The van der Waals surface area contributed by atoms with Crippen molar-refractivity contribution in [2.24, 2.45) is 5.73 Å². The Morgan fingerprint density at radius 3 is 3.00 bits per heavy atom. The van der Waals surface area contributed by atoms with Crippen LogP contribution < -0.4 is 5.73 Å². The quantitative estimate of drug-likeness (QED) is 0.596. The van der Waals surface area contributed by atoms with Crippen LogP contribution in [0.2, 0.25) is 0 Å². The van der Waals surface area contributed by atoms with Crippen molar-refractivity contribution in [2.75, 3.05) is 6.26 Å². The SMILES string of the molecule is CSc1ncc(CN)[nH]1. The molecule has 0 radical (unpaired) electrons. The first-order chi connectivity index (χ1) is 4.36. The van der Waals surface area contributed by atoms with Crippen LogP contribution in [0.3, 0.4) is 0 Å². The zero-order valence-electron chi connectivity index (χ0n) is 5.22. The number of aromatic nitrogens is 2. The van der Waals surface area contributed by atoms with Crippen molar-refractivity contribution in [3.8, 4) is 0 Å². The summed E-state index contributed by atoms with van der Waals surface area (Å²) in [6, 6.07) is 0.